The van der Waals surface area contributed by atoms with Crippen LogP contribution in [0.1, 0.15) is 40.1 Å². The van der Waals surface area contributed by atoms with Gasteiger partial charge in [-0.1, -0.05) is 13.8 Å². The predicted molar refractivity (Wildman–Crippen MR) is 100 cm³/mol. The molecule has 0 saturated carbocycles. The maximum absolute atomic E-state index is 12.5. The second kappa shape index (κ2) is 9.01. The van der Waals surface area contributed by atoms with E-state index in [9.17, 15) is 9.59 Å². The van der Waals surface area contributed by atoms with Gasteiger partial charge in [0.1, 0.15) is 5.75 Å². The third kappa shape index (κ3) is 5.32. The van der Waals surface area contributed by atoms with Crippen molar-refractivity contribution in [2.75, 3.05) is 19.0 Å². The van der Waals surface area contributed by atoms with E-state index < -0.39 is 5.91 Å². The molecule has 0 aliphatic rings. The number of benzene rings is 2. The Morgan fingerprint density at radius 1 is 1.08 bits per heavy atom. The van der Waals surface area contributed by atoms with Crippen molar-refractivity contribution in [3.8, 4) is 5.75 Å². The number of primary amides is 1. The van der Waals surface area contributed by atoms with E-state index in [1.54, 1.807) is 49.6 Å². The zero-order valence-electron chi connectivity index (χ0n) is 15.2. The monoisotopic (exact) mass is 356 g/mol. The number of rotatable bonds is 8. The van der Waals surface area contributed by atoms with Crippen LogP contribution >= 0.6 is 0 Å². The zero-order valence-corrected chi connectivity index (χ0v) is 15.2. The number of methoxy groups -OCH3 is 1. The first-order chi connectivity index (χ1) is 12.4. The minimum atomic E-state index is -0.510. The number of hydrogen-bond acceptors (Lipinski definition) is 4. The Morgan fingerprint density at radius 3 is 2.31 bits per heavy atom. The van der Waals surface area contributed by atoms with Crippen molar-refractivity contribution >= 4 is 17.5 Å². The van der Waals surface area contributed by atoms with Crippen LogP contribution < -0.4 is 15.8 Å². The predicted octanol–water partition coefficient (Wildman–Crippen LogP) is 3.22. The summed E-state index contributed by atoms with van der Waals surface area (Å²) >= 11 is 0. The minimum Gasteiger partial charge on any atom is -0.496 e. The summed E-state index contributed by atoms with van der Waals surface area (Å²) in [6.45, 7) is 5.15. The molecule has 2 rings (SSSR count). The lowest BCUT2D eigenvalue weighted by molar-refractivity contribution is 0.0952. The first kappa shape index (κ1) is 19.5. The topological polar surface area (TPSA) is 90.6 Å². The van der Waals surface area contributed by atoms with Gasteiger partial charge in [-0.05, 0) is 48.4 Å². The van der Waals surface area contributed by atoms with Crippen LogP contribution in [0.25, 0.3) is 0 Å². The van der Waals surface area contributed by atoms with Gasteiger partial charge in [0.15, 0.2) is 0 Å². The summed E-state index contributed by atoms with van der Waals surface area (Å²) in [5.74, 6) is 0.334. The molecule has 0 radical (unpaired) electrons. The molecule has 0 spiro atoms. The molecule has 0 unspecified atom stereocenters. The first-order valence-electron chi connectivity index (χ1n) is 8.36. The van der Waals surface area contributed by atoms with E-state index in [1.165, 1.54) is 0 Å². The van der Waals surface area contributed by atoms with E-state index in [1.807, 2.05) is 0 Å². The number of hydrogen-bond donors (Lipinski definition) is 2. The van der Waals surface area contributed by atoms with Gasteiger partial charge in [-0.3, -0.25) is 9.59 Å². The maximum atomic E-state index is 12.5. The van der Waals surface area contributed by atoms with Gasteiger partial charge < -0.3 is 20.5 Å². The standard InChI is InChI=1S/C20H24N2O4/c1-13(2)11-26-12-16-10-15(6-9-18(16)25-3)20(24)22-17-7-4-14(5-8-17)19(21)23/h4-10,13H,11-12H2,1-3H3,(H2,21,23)(H,22,24). The summed E-state index contributed by atoms with van der Waals surface area (Å²) in [7, 11) is 1.58. The molecule has 6 nitrogen and oxygen atoms in total. The molecule has 0 aliphatic heterocycles. The lowest BCUT2D eigenvalue weighted by atomic mass is 10.1. The van der Waals surface area contributed by atoms with Crippen molar-refractivity contribution in [2.24, 2.45) is 11.7 Å². The average molecular weight is 356 g/mol. The molecule has 0 aromatic heterocycles. The van der Waals surface area contributed by atoms with Crippen molar-refractivity contribution in [3.05, 3.63) is 59.2 Å². The minimum absolute atomic E-state index is 0.260. The van der Waals surface area contributed by atoms with Crippen molar-refractivity contribution in [1.82, 2.24) is 0 Å². The van der Waals surface area contributed by atoms with E-state index in [4.69, 9.17) is 15.2 Å². The fourth-order valence-corrected chi connectivity index (χ4v) is 2.36. The fourth-order valence-electron chi connectivity index (χ4n) is 2.36. The van der Waals surface area contributed by atoms with Crippen LogP contribution in [0.15, 0.2) is 42.5 Å². The molecule has 0 fully saturated rings. The molecule has 3 N–H and O–H groups in total. The summed E-state index contributed by atoms with van der Waals surface area (Å²) in [4.78, 5) is 23.6. The summed E-state index contributed by atoms with van der Waals surface area (Å²) in [5, 5.41) is 2.79. The first-order valence-corrected chi connectivity index (χ1v) is 8.36. The Kier molecular flexibility index (Phi) is 6.74. The number of anilines is 1. The summed E-state index contributed by atoms with van der Waals surface area (Å²) in [5.41, 5.74) is 7.48. The van der Waals surface area contributed by atoms with Crippen molar-refractivity contribution in [1.29, 1.82) is 0 Å². The van der Waals surface area contributed by atoms with E-state index in [2.05, 4.69) is 19.2 Å². The summed E-state index contributed by atoms with van der Waals surface area (Å²) < 4.78 is 11.0. The van der Waals surface area contributed by atoms with Gasteiger partial charge in [0.25, 0.3) is 5.91 Å². The summed E-state index contributed by atoms with van der Waals surface area (Å²) in [6.07, 6.45) is 0. The molecule has 2 aromatic rings. The third-order valence-electron chi connectivity index (χ3n) is 3.68. The van der Waals surface area contributed by atoms with Crippen LogP contribution in [0.2, 0.25) is 0 Å². The number of nitrogens with two attached hydrogens (primary N) is 1. The number of amides is 2. The van der Waals surface area contributed by atoms with Gasteiger partial charge in [-0.15, -0.1) is 0 Å². The van der Waals surface area contributed by atoms with Crippen LogP contribution in [0.3, 0.4) is 0 Å². The van der Waals surface area contributed by atoms with Crippen molar-refractivity contribution in [3.63, 3.8) is 0 Å². The SMILES string of the molecule is COc1ccc(C(=O)Nc2ccc(C(N)=O)cc2)cc1COCC(C)C. The largest absolute Gasteiger partial charge is 0.496 e. The number of nitrogens with one attached hydrogen (secondary N) is 1. The van der Waals surface area contributed by atoms with E-state index in [-0.39, 0.29) is 5.91 Å². The Bertz CT molecular complexity index is 770. The molecule has 0 heterocycles. The van der Waals surface area contributed by atoms with E-state index >= 15 is 0 Å². The highest BCUT2D eigenvalue weighted by Crippen LogP contribution is 2.22. The molecule has 6 heteroatoms. The van der Waals surface area contributed by atoms with Crippen LogP contribution in [0.5, 0.6) is 5.75 Å². The molecule has 2 amide bonds. The molecule has 0 atom stereocenters. The molecular weight excluding hydrogens is 332 g/mol. The summed E-state index contributed by atoms with van der Waals surface area (Å²) in [6, 6.07) is 11.6. The quantitative estimate of drug-likeness (QED) is 0.760. The molecule has 138 valence electrons. The lowest BCUT2D eigenvalue weighted by Crippen LogP contribution is -2.14. The highest BCUT2D eigenvalue weighted by Gasteiger charge is 2.11. The molecule has 0 bridgehead atoms. The van der Waals surface area contributed by atoms with E-state index in [0.29, 0.717) is 41.7 Å². The van der Waals surface area contributed by atoms with Gasteiger partial charge in [0, 0.05) is 29.0 Å². The van der Waals surface area contributed by atoms with Crippen LogP contribution in [-0.2, 0) is 11.3 Å². The molecule has 2 aromatic carbocycles. The Balaban J connectivity index is 2.11. The van der Waals surface area contributed by atoms with E-state index in [0.717, 1.165) is 5.56 Å². The highest BCUT2D eigenvalue weighted by molar-refractivity contribution is 6.04. The van der Waals surface area contributed by atoms with Crippen molar-refractivity contribution < 1.29 is 19.1 Å². The second-order valence-corrected chi connectivity index (χ2v) is 6.33. The average Bonchev–Trinajstić information content (AvgIpc) is 2.61. The zero-order chi connectivity index (χ0) is 19.1. The molecule has 26 heavy (non-hydrogen) atoms. The van der Waals surface area contributed by atoms with Gasteiger partial charge in [-0.2, -0.15) is 0 Å². The molecular formula is C20H24N2O4. The van der Waals surface area contributed by atoms with Gasteiger partial charge in [-0.25, -0.2) is 0 Å². The molecule has 0 aliphatic carbocycles. The van der Waals surface area contributed by atoms with Gasteiger partial charge in [0.2, 0.25) is 5.91 Å². The fraction of sp³-hybridized carbons (Fsp3) is 0.300. The number of carbonyl (C=O) groups excluding carboxylic acids is 2. The smallest absolute Gasteiger partial charge is 0.255 e. The van der Waals surface area contributed by atoms with Gasteiger partial charge in [0.05, 0.1) is 13.7 Å². The number of carbonyl (C=O) groups is 2. The van der Waals surface area contributed by atoms with Gasteiger partial charge >= 0.3 is 0 Å². The Hall–Kier alpha value is -2.86. The molecule has 0 saturated heterocycles. The second-order valence-electron chi connectivity index (χ2n) is 6.33. The highest BCUT2D eigenvalue weighted by atomic mass is 16.5. The van der Waals surface area contributed by atoms with Crippen LogP contribution in [0.4, 0.5) is 5.69 Å². The van der Waals surface area contributed by atoms with Crippen molar-refractivity contribution in [2.45, 2.75) is 20.5 Å². The van der Waals surface area contributed by atoms with Crippen LogP contribution in [-0.4, -0.2) is 25.5 Å². The Morgan fingerprint density at radius 2 is 1.73 bits per heavy atom. The lowest BCUT2D eigenvalue weighted by Gasteiger charge is -2.13. The maximum Gasteiger partial charge on any atom is 0.255 e. The van der Waals surface area contributed by atoms with Crippen LogP contribution in [0, 0.1) is 5.92 Å². The number of ether oxygens (including phenoxy) is 2. The third-order valence-corrected chi connectivity index (χ3v) is 3.68. The Labute approximate surface area is 153 Å². The normalized spacial score (nSPS) is 10.6.